The largest absolute Gasteiger partial charge is 0.312 e. The number of thioether (sulfide) groups is 1. The molecule has 14 heavy (non-hydrogen) atoms. The maximum absolute atomic E-state index is 3.62. The second-order valence-corrected chi connectivity index (χ2v) is 6.44. The van der Waals surface area contributed by atoms with E-state index >= 15 is 0 Å². The molecule has 2 rings (SSSR count). The van der Waals surface area contributed by atoms with E-state index in [2.05, 4.69) is 50.8 Å². The molecule has 4 heteroatoms. The predicted octanol–water partition coefficient (Wildman–Crippen LogP) is 3.67. The lowest BCUT2D eigenvalue weighted by atomic mass is 10.0. The molecule has 1 aliphatic heterocycles. The van der Waals surface area contributed by atoms with E-state index in [1.54, 1.807) is 11.3 Å². The van der Waals surface area contributed by atoms with Crippen LogP contribution < -0.4 is 5.32 Å². The Bertz CT molecular complexity index is 294. The van der Waals surface area contributed by atoms with Gasteiger partial charge in [-0.2, -0.15) is 23.1 Å². The minimum absolute atomic E-state index is 0.517. The summed E-state index contributed by atoms with van der Waals surface area (Å²) in [4.78, 5) is 0. The molecule has 2 unspecified atom stereocenters. The summed E-state index contributed by atoms with van der Waals surface area (Å²) < 4.78 is 1.26. The molecule has 0 aliphatic carbocycles. The third-order valence-electron chi connectivity index (χ3n) is 2.63. The van der Waals surface area contributed by atoms with Crippen molar-refractivity contribution in [2.24, 2.45) is 0 Å². The van der Waals surface area contributed by atoms with Crippen LogP contribution in [0, 0.1) is 0 Å². The summed E-state index contributed by atoms with van der Waals surface area (Å²) in [6, 6.07) is 0.517. The Hall–Kier alpha value is 0.490. The van der Waals surface area contributed by atoms with Crippen molar-refractivity contribution in [3.05, 3.63) is 20.8 Å². The number of halogens is 1. The molecule has 1 N–H and O–H groups in total. The lowest BCUT2D eigenvalue weighted by Crippen LogP contribution is -2.25. The Balaban J connectivity index is 2.16. The van der Waals surface area contributed by atoms with E-state index in [1.165, 1.54) is 28.6 Å². The van der Waals surface area contributed by atoms with Crippen LogP contribution in [0.25, 0.3) is 0 Å². The van der Waals surface area contributed by atoms with Crippen LogP contribution >= 0.6 is 39.0 Å². The average Bonchev–Trinajstić information content (AvgIpc) is 2.80. The highest BCUT2D eigenvalue weighted by molar-refractivity contribution is 9.10. The van der Waals surface area contributed by atoms with Crippen LogP contribution in [0.3, 0.4) is 0 Å². The highest BCUT2D eigenvalue weighted by Gasteiger charge is 2.27. The van der Waals surface area contributed by atoms with Crippen LogP contribution in [0.4, 0.5) is 0 Å². The fourth-order valence-electron chi connectivity index (χ4n) is 1.92. The molecule has 2 atom stereocenters. The van der Waals surface area contributed by atoms with Crippen molar-refractivity contribution >= 4 is 39.0 Å². The van der Waals surface area contributed by atoms with Crippen LogP contribution in [0.1, 0.15) is 24.4 Å². The van der Waals surface area contributed by atoms with Crippen molar-refractivity contribution in [2.75, 3.05) is 12.8 Å². The van der Waals surface area contributed by atoms with E-state index in [0.717, 1.165) is 5.25 Å². The van der Waals surface area contributed by atoms with E-state index in [-0.39, 0.29) is 0 Å². The van der Waals surface area contributed by atoms with E-state index in [4.69, 9.17) is 0 Å². The summed E-state index contributed by atoms with van der Waals surface area (Å²) in [6.07, 6.45) is 2.72. The summed E-state index contributed by atoms with van der Waals surface area (Å²) in [5.41, 5.74) is 1.43. The molecule has 1 saturated heterocycles. The van der Waals surface area contributed by atoms with Crippen LogP contribution in [0.2, 0.25) is 0 Å². The maximum Gasteiger partial charge on any atom is 0.0457 e. The van der Waals surface area contributed by atoms with E-state index in [0.29, 0.717) is 6.04 Å². The van der Waals surface area contributed by atoms with Gasteiger partial charge in [-0.15, -0.1) is 0 Å². The second kappa shape index (κ2) is 5.01. The smallest absolute Gasteiger partial charge is 0.0457 e. The summed E-state index contributed by atoms with van der Waals surface area (Å²) in [7, 11) is 2.06. The quantitative estimate of drug-likeness (QED) is 0.912. The zero-order valence-corrected chi connectivity index (χ0v) is 11.3. The number of thiophene rings is 1. The topological polar surface area (TPSA) is 12.0 Å². The fourth-order valence-corrected chi connectivity index (χ4v) is 4.95. The predicted molar refractivity (Wildman–Crippen MR) is 69.3 cm³/mol. The Labute approximate surface area is 102 Å². The van der Waals surface area contributed by atoms with Gasteiger partial charge >= 0.3 is 0 Å². The van der Waals surface area contributed by atoms with Gasteiger partial charge in [0.2, 0.25) is 0 Å². The first-order valence-corrected chi connectivity index (χ1v) is 7.62. The maximum atomic E-state index is 3.62. The van der Waals surface area contributed by atoms with Gasteiger partial charge in [-0.3, -0.25) is 0 Å². The second-order valence-electron chi connectivity index (χ2n) is 3.49. The Morgan fingerprint density at radius 3 is 2.93 bits per heavy atom. The van der Waals surface area contributed by atoms with E-state index in [1.807, 2.05) is 0 Å². The molecule has 0 aromatic carbocycles. The first-order chi connectivity index (χ1) is 6.83. The normalized spacial score (nSPS) is 24.0. The first kappa shape index (κ1) is 11.0. The number of hydrogen-bond donors (Lipinski definition) is 1. The molecule has 2 heterocycles. The summed E-state index contributed by atoms with van der Waals surface area (Å²) in [6.45, 7) is 0. The molecule has 0 bridgehead atoms. The van der Waals surface area contributed by atoms with Crippen LogP contribution in [0.15, 0.2) is 15.2 Å². The molecule has 0 saturated carbocycles. The first-order valence-electron chi connectivity index (χ1n) is 4.83. The van der Waals surface area contributed by atoms with Gasteiger partial charge in [0, 0.05) is 21.1 Å². The Kier molecular flexibility index (Phi) is 3.93. The molecule has 0 spiro atoms. The van der Waals surface area contributed by atoms with Gasteiger partial charge in [-0.1, -0.05) is 0 Å². The molecule has 1 aromatic rings. The van der Waals surface area contributed by atoms with Crippen LogP contribution in [-0.4, -0.2) is 18.1 Å². The molecule has 1 fully saturated rings. The van der Waals surface area contributed by atoms with E-state index in [9.17, 15) is 0 Å². The third-order valence-corrected chi connectivity index (χ3v) is 5.84. The zero-order chi connectivity index (χ0) is 9.97. The van der Waals surface area contributed by atoms with Crippen molar-refractivity contribution in [1.82, 2.24) is 5.32 Å². The van der Waals surface area contributed by atoms with Gasteiger partial charge in [-0.25, -0.2) is 0 Å². The minimum Gasteiger partial charge on any atom is -0.312 e. The summed E-state index contributed by atoms with van der Waals surface area (Å²) in [5, 5.41) is 8.62. The number of rotatable bonds is 3. The fraction of sp³-hybridized carbons (Fsp3) is 0.600. The highest BCUT2D eigenvalue weighted by atomic mass is 79.9. The van der Waals surface area contributed by atoms with Crippen LogP contribution in [0.5, 0.6) is 0 Å². The molecule has 1 aromatic heterocycles. The molecule has 1 nitrogen and oxygen atoms in total. The highest BCUT2D eigenvalue weighted by Crippen LogP contribution is 2.39. The molecular formula is C10H14BrNS2. The van der Waals surface area contributed by atoms with E-state index < -0.39 is 0 Å². The lowest BCUT2D eigenvalue weighted by Gasteiger charge is -2.22. The average molecular weight is 292 g/mol. The SMILES string of the molecule is CNC(c1cscc1Br)C1CCCS1. The molecule has 0 amide bonds. The van der Waals surface area contributed by atoms with Crippen molar-refractivity contribution < 1.29 is 0 Å². The molecule has 0 radical (unpaired) electrons. The molecule has 78 valence electrons. The van der Waals surface area contributed by atoms with Crippen molar-refractivity contribution in [1.29, 1.82) is 0 Å². The standard InChI is InChI=1S/C10H14BrNS2/c1-12-10(9-3-2-4-14-9)7-5-13-6-8(7)11/h5-6,9-10,12H,2-4H2,1H3. The van der Waals surface area contributed by atoms with Crippen molar-refractivity contribution in [2.45, 2.75) is 24.1 Å². The van der Waals surface area contributed by atoms with Gasteiger partial charge in [0.25, 0.3) is 0 Å². The van der Waals surface area contributed by atoms with Gasteiger partial charge in [0.15, 0.2) is 0 Å². The summed E-state index contributed by atoms with van der Waals surface area (Å²) >= 11 is 7.49. The number of nitrogens with one attached hydrogen (secondary N) is 1. The lowest BCUT2D eigenvalue weighted by molar-refractivity contribution is 0.552. The van der Waals surface area contributed by atoms with Crippen LogP contribution in [-0.2, 0) is 0 Å². The molecule has 1 aliphatic rings. The van der Waals surface area contributed by atoms with Gasteiger partial charge in [0.05, 0.1) is 0 Å². The van der Waals surface area contributed by atoms with Crippen molar-refractivity contribution in [3.63, 3.8) is 0 Å². The Morgan fingerprint density at radius 2 is 2.43 bits per heavy atom. The zero-order valence-electron chi connectivity index (χ0n) is 8.13. The summed E-state index contributed by atoms with van der Waals surface area (Å²) in [5.74, 6) is 1.32. The minimum atomic E-state index is 0.517. The van der Waals surface area contributed by atoms with Crippen molar-refractivity contribution in [3.8, 4) is 0 Å². The Morgan fingerprint density at radius 1 is 1.57 bits per heavy atom. The van der Waals surface area contributed by atoms with Gasteiger partial charge in [-0.05, 0) is 52.5 Å². The monoisotopic (exact) mass is 291 g/mol. The molecular weight excluding hydrogens is 278 g/mol. The number of hydrogen-bond acceptors (Lipinski definition) is 3. The van der Waals surface area contributed by atoms with Gasteiger partial charge in [0.1, 0.15) is 0 Å². The third kappa shape index (κ3) is 2.18. The van der Waals surface area contributed by atoms with Gasteiger partial charge < -0.3 is 5.32 Å².